The number of carbonyl (C=O) groups is 1. The Labute approximate surface area is 158 Å². The second-order valence-electron chi connectivity index (χ2n) is 5.53. The van der Waals surface area contributed by atoms with Crippen LogP contribution in [0.5, 0.6) is 23.0 Å². The molecule has 2 aromatic carbocycles. The van der Waals surface area contributed by atoms with Crippen molar-refractivity contribution in [3.05, 3.63) is 47.5 Å². The molecule has 0 radical (unpaired) electrons. The lowest BCUT2D eigenvalue weighted by Gasteiger charge is -2.13. The van der Waals surface area contributed by atoms with Crippen LogP contribution < -0.4 is 24.4 Å². The van der Waals surface area contributed by atoms with Crippen LogP contribution in [0.2, 0.25) is 0 Å². The van der Waals surface area contributed by atoms with Crippen LogP contribution in [0, 0.1) is 0 Å². The van der Waals surface area contributed by atoms with E-state index in [-0.39, 0.29) is 0 Å². The van der Waals surface area contributed by atoms with E-state index in [1.165, 1.54) is 21.3 Å². The average Bonchev–Trinajstić information content (AvgIpc) is 2.71. The second-order valence-corrected chi connectivity index (χ2v) is 5.53. The third-order valence-electron chi connectivity index (χ3n) is 3.66. The Balaban J connectivity index is 2.05. The van der Waals surface area contributed by atoms with Crippen molar-refractivity contribution in [2.24, 2.45) is 5.10 Å². The Bertz CT molecular complexity index is 762. The number of hydrogen-bond donors (Lipinski definition) is 1. The first kappa shape index (κ1) is 20.1. The summed E-state index contributed by atoms with van der Waals surface area (Å²) in [5, 5.41) is 3.99. The van der Waals surface area contributed by atoms with Gasteiger partial charge in [-0.2, -0.15) is 5.10 Å². The summed E-state index contributed by atoms with van der Waals surface area (Å²) in [5.41, 5.74) is 3.66. The van der Waals surface area contributed by atoms with Crippen LogP contribution in [-0.2, 0) is 0 Å². The lowest BCUT2D eigenvalue weighted by molar-refractivity contribution is 0.0954. The summed E-state index contributed by atoms with van der Waals surface area (Å²) in [7, 11) is 4.49. The first-order valence-electron chi connectivity index (χ1n) is 8.49. The van der Waals surface area contributed by atoms with Crippen molar-refractivity contribution in [3.8, 4) is 23.0 Å². The van der Waals surface area contributed by atoms with E-state index >= 15 is 0 Å². The van der Waals surface area contributed by atoms with Gasteiger partial charge in [0.25, 0.3) is 5.91 Å². The fraction of sp³-hybridized carbons (Fsp3) is 0.300. The van der Waals surface area contributed by atoms with E-state index in [2.05, 4.69) is 17.5 Å². The number of rotatable bonds is 9. The van der Waals surface area contributed by atoms with Crippen molar-refractivity contribution >= 4 is 12.1 Å². The van der Waals surface area contributed by atoms with Gasteiger partial charge in [-0.15, -0.1) is 0 Å². The Hall–Kier alpha value is -3.22. The van der Waals surface area contributed by atoms with E-state index < -0.39 is 5.91 Å². The van der Waals surface area contributed by atoms with Crippen LogP contribution in [0.15, 0.2) is 41.5 Å². The maximum absolute atomic E-state index is 12.3. The van der Waals surface area contributed by atoms with Crippen molar-refractivity contribution in [3.63, 3.8) is 0 Å². The molecule has 2 aromatic rings. The number of methoxy groups -OCH3 is 3. The van der Waals surface area contributed by atoms with Gasteiger partial charge in [0.15, 0.2) is 11.5 Å². The minimum atomic E-state index is -0.395. The molecule has 0 aliphatic heterocycles. The molecule has 0 spiro atoms. The molecule has 0 fully saturated rings. The van der Waals surface area contributed by atoms with Gasteiger partial charge in [-0.3, -0.25) is 4.79 Å². The molecule has 0 atom stereocenters. The van der Waals surface area contributed by atoms with Gasteiger partial charge < -0.3 is 18.9 Å². The van der Waals surface area contributed by atoms with Crippen molar-refractivity contribution in [2.45, 2.75) is 13.3 Å². The Morgan fingerprint density at radius 2 is 1.67 bits per heavy atom. The third kappa shape index (κ3) is 5.37. The number of nitrogens with zero attached hydrogens (tertiary/aromatic N) is 1. The first-order chi connectivity index (χ1) is 13.1. The fourth-order valence-corrected chi connectivity index (χ4v) is 2.31. The topological polar surface area (TPSA) is 78.4 Å². The maximum atomic E-state index is 12.3. The number of amides is 1. The highest BCUT2D eigenvalue weighted by molar-refractivity contribution is 5.96. The molecule has 0 aliphatic carbocycles. The van der Waals surface area contributed by atoms with Gasteiger partial charge in [0, 0.05) is 5.56 Å². The van der Waals surface area contributed by atoms with Crippen molar-refractivity contribution < 1.29 is 23.7 Å². The van der Waals surface area contributed by atoms with Crippen LogP contribution in [-0.4, -0.2) is 40.1 Å². The molecule has 0 unspecified atom stereocenters. The zero-order valence-corrected chi connectivity index (χ0v) is 15.9. The molecule has 0 saturated carbocycles. The van der Waals surface area contributed by atoms with Crippen LogP contribution in [0.1, 0.15) is 29.3 Å². The molecule has 7 nitrogen and oxygen atoms in total. The lowest BCUT2D eigenvalue weighted by atomic mass is 10.1. The van der Waals surface area contributed by atoms with Crippen molar-refractivity contribution in [2.75, 3.05) is 27.9 Å². The third-order valence-corrected chi connectivity index (χ3v) is 3.66. The van der Waals surface area contributed by atoms with Gasteiger partial charge in [0.05, 0.1) is 34.2 Å². The quantitative estimate of drug-likeness (QED) is 0.540. The van der Waals surface area contributed by atoms with Gasteiger partial charge in [0.1, 0.15) is 5.75 Å². The molecular formula is C20H24N2O5. The van der Waals surface area contributed by atoms with E-state index in [0.29, 0.717) is 29.4 Å². The molecule has 0 saturated heterocycles. The summed E-state index contributed by atoms with van der Waals surface area (Å²) in [6.07, 6.45) is 2.51. The van der Waals surface area contributed by atoms with Gasteiger partial charge in [-0.25, -0.2) is 5.43 Å². The maximum Gasteiger partial charge on any atom is 0.271 e. The number of ether oxygens (including phenoxy) is 4. The molecular weight excluding hydrogens is 348 g/mol. The number of hydrazone groups is 1. The van der Waals surface area contributed by atoms with Crippen LogP contribution in [0.25, 0.3) is 0 Å². The highest BCUT2D eigenvalue weighted by atomic mass is 16.5. The van der Waals surface area contributed by atoms with Crippen molar-refractivity contribution in [1.82, 2.24) is 5.43 Å². The lowest BCUT2D eigenvalue weighted by Crippen LogP contribution is -2.18. The predicted octanol–water partition coefficient (Wildman–Crippen LogP) is 3.27. The molecule has 2 rings (SSSR count). The monoisotopic (exact) mass is 372 g/mol. The van der Waals surface area contributed by atoms with E-state index in [4.69, 9.17) is 18.9 Å². The molecule has 0 heterocycles. The second kappa shape index (κ2) is 10.1. The van der Waals surface area contributed by atoms with Crippen LogP contribution in [0.3, 0.4) is 0 Å². The number of nitrogens with one attached hydrogen (secondary N) is 1. The van der Waals surface area contributed by atoms with E-state index in [9.17, 15) is 4.79 Å². The molecule has 1 amide bonds. The minimum absolute atomic E-state index is 0.338. The zero-order chi connectivity index (χ0) is 19.6. The summed E-state index contributed by atoms with van der Waals surface area (Å²) in [6, 6.07) is 10.6. The zero-order valence-electron chi connectivity index (χ0n) is 15.9. The Kier molecular flexibility index (Phi) is 7.49. The van der Waals surface area contributed by atoms with Gasteiger partial charge in [-0.1, -0.05) is 6.92 Å². The van der Waals surface area contributed by atoms with Gasteiger partial charge in [0.2, 0.25) is 5.75 Å². The number of hydrogen-bond acceptors (Lipinski definition) is 6. The molecule has 0 bridgehead atoms. The van der Waals surface area contributed by atoms with Crippen molar-refractivity contribution in [1.29, 1.82) is 0 Å². The fourth-order valence-electron chi connectivity index (χ4n) is 2.31. The molecule has 144 valence electrons. The largest absolute Gasteiger partial charge is 0.494 e. The number of benzene rings is 2. The molecule has 7 heteroatoms. The summed E-state index contributed by atoms with van der Waals surface area (Å²) >= 11 is 0. The SMILES string of the molecule is CCCOc1ccc(/C=N\NC(=O)c2cc(OC)c(OC)c(OC)c2)cc1. The van der Waals surface area contributed by atoms with Gasteiger partial charge >= 0.3 is 0 Å². The molecule has 0 aromatic heterocycles. The average molecular weight is 372 g/mol. The summed E-state index contributed by atoms with van der Waals surface area (Å²) < 4.78 is 21.3. The molecule has 1 N–H and O–H groups in total. The highest BCUT2D eigenvalue weighted by Crippen LogP contribution is 2.38. The van der Waals surface area contributed by atoms with E-state index in [0.717, 1.165) is 17.7 Å². The normalized spacial score (nSPS) is 10.5. The first-order valence-corrected chi connectivity index (χ1v) is 8.49. The highest BCUT2D eigenvalue weighted by Gasteiger charge is 2.16. The summed E-state index contributed by atoms with van der Waals surface area (Å²) in [4.78, 5) is 12.3. The van der Waals surface area contributed by atoms with Gasteiger partial charge in [-0.05, 0) is 48.4 Å². The summed E-state index contributed by atoms with van der Waals surface area (Å²) in [5.74, 6) is 1.62. The standard InChI is InChI=1S/C20H24N2O5/c1-5-10-27-16-8-6-14(7-9-16)13-21-22-20(23)15-11-17(24-2)19(26-4)18(12-15)25-3/h6-9,11-13H,5,10H2,1-4H3,(H,22,23)/b21-13-. The number of carbonyl (C=O) groups excluding carboxylic acids is 1. The smallest absolute Gasteiger partial charge is 0.271 e. The molecule has 0 aliphatic rings. The van der Waals surface area contributed by atoms with E-state index in [1.807, 2.05) is 24.3 Å². The molecule has 27 heavy (non-hydrogen) atoms. The van der Waals surface area contributed by atoms with Crippen LogP contribution in [0.4, 0.5) is 0 Å². The predicted molar refractivity (Wildman–Crippen MR) is 103 cm³/mol. The van der Waals surface area contributed by atoms with E-state index in [1.54, 1.807) is 18.3 Å². The Morgan fingerprint density at radius 1 is 1.04 bits per heavy atom. The Morgan fingerprint density at radius 3 is 2.19 bits per heavy atom. The summed E-state index contributed by atoms with van der Waals surface area (Å²) in [6.45, 7) is 2.73. The minimum Gasteiger partial charge on any atom is -0.494 e. The van der Waals surface area contributed by atoms with Crippen LogP contribution >= 0.6 is 0 Å².